The van der Waals surface area contributed by atoms with Crippen LogP contribution in [0.2, 0.25) is 0 Å². The molecule has 1 aromatic heterocycles. The van der Waals surface area contributed by atoms with E-state index in [1.807, 2.05) is 13.8 Å². The number of hydrogen-bond donors (Lipinski definition) is 1. The second kappa shape index (κ2) is 5.83. The maximum Gasteiger partial charge on any atom is 0.246 e. The molecule has 1 N–H and O–H groups in total. The lowest BCUT2D eigenvalue weighted by molar-refractivity contribution is 0.411. The summed E-state index contributed by atoms with van der Waals surface area (Å²) in [5.41, 5.74) is 0. The van der Waals surface area contributed by atoms with E-state index in [0.29, 0.717) is 31.5 Å². The number of aromatic nitrogens is 2. The van der Waals surface area contributed by atoms with Crippen LogP contribution in [0.3, 0.4) is 0 Å². The molecule has 1 saturated carbocycles. The van der Waals surface area contributed by atoms with Crippen molar-refractivity contribution < 1.29 is 8.42 Å². The van der Waals surface area contributed by atoms with Gasteiger partial charge in [0.2, 0.25) is 16.0 Å². The quantitative estimate of drug-likeness (QED) is 0.817. The Morgan fingerprint density at radius 1 is 1.32 bits per heavy atom. The van der Waals surface area contributed by atoms with Crippen molar-refractivity contribution >= 4 is 16.0 Å². The topological polar surface area (TPSA) is 75.2 Å². The van der Waals surface area contributed by atoms with Gasteiger partial charge in [-0.05, 0) is 25.7 Å². The van der Waals surface area contributed by atoms with Crippen LogP contribution in [0, 0.1) is 5.92 Å². The molecule has 0 saturated heterocycles. The van der Waals surface area contributed by atoms with Crippen molar-refractivity contribution in [3.63, 3.8) is 0 Å². The van der Waals surface area contributed by atoms with Gasteiger partial charge < -0.3 is 5.32 Å². The standard InChI is InChI=1S/C12H20N4O2S/c1-3-13-12-14-7-11(8-15-12)19(17,18)16(4-2)9-10-5-6-10/h7-8,10H,3-6,9H2,1-2H3,(H,13,14,15). The zero-order valence-corrected chi connectivity index (χ0v) is 12.2. The molecular formula is C12H20N4O2S. The number of hydrogen-bond acceptors (Lipinski definition) is 5. The van der Waals surface area contributed by atoms with Crippen molar-refractivity contribution in [3.8, 4) is 0 Å². The lowest BCUT2D eigenvalue weighted by Crippen LogP contribution is -2.33. The number of nitrogens with zero attached hydrogens (tertiary/aromatic N) is 3. The van der Waals surface area contributed by atoms with Crippen LogP contribution in [0.25, 0.3) is 0 Å². The van der Waals surface area contributed by atoms with Crippen molar-refractivity contribution in [3.05, 3.63) is 12.4 Å². The molecule has 1 aliphatic rings. The minimum absolute atomic E-state index is 0.164. The molecule has 0 amide bonds. The molecule has 6 nitrogen and oxygen atoms in total. The van der Waals surface area contributed by atoms with Crippen LogP contribution in [-0.4, -0.2) is 42.3 Å². The fourth-order valence-corrected chi connectivity index (χ4v) is 3.25. The molecule has 0 aliphatic heterocycles. The fraction of sp³-hybridized carbons (Fsp3) is 0.667. The van der Waals surface area contributed by atoms with Crippen LogP contribution in [0.15, 0.2) is 17.3 Å². The largest absolute Gasteiger partial charge is 0.355 e. The summed E-state index contributed by atoms with van der Waals surface area (Å²) in [4.78, 5) is 8.20. The molecular weight excluding hydrogens is 264 g/mol. The predicted molar refractivity (Wildman–Crippen MR) is 73.4 cm³/mol. The van der Waals surface area contributed by atoms with Gasteiger partial charge in [0, 0.05) is 19.6 Å². The third-order valence-electron chi connectivity index (χ3n) is 3.11. The Balaban J connectivity index is 2.16. The summed E-state index contributed by atoms with van der Waals surface area (Å²) in [5, 5.41) is 2.94. The van der Waals surface area contributed by atoms with Crippen LogP contribution < -0.4 is 5.32 Å². The molecule has 0 aromatic carbocycles. The molecule has 106 valence electrons. The fourth-order valence-electron chi connectivity index (χ4n) is 1.83. The van der Waals surface area contributed by atoms with Crippen LogP contribution in [0.4, 0.5) is 5.95 Å². The molecule has 0 atom stereocenters. The van der Waals surface area contributed by atoms with Crippen LogP contribution in [-0.2, 0) is 10.0 Å². The highest BCUT2D eigenvalue weighted by Crippen LogP contribution is 2.31. The highest BCUT2D eigenvalue weighted by molar-refractivity contribution is 7.89. The first-order chi connectivity index (χ1) is 9.07. The Bertz CT molecular complexity index is 511. The Labute approximate surface area is 114 Å². The molecule has 1 aliphatic carbocycles. The first-order valence-corrected chi connectivity index (χ1v) is 8.08. The summed E-state index contributed by atoms with van der Waals surface area (Å²) in [5.74, 6) is 0.975. The first-order valence-electron chi connectivity index (χ1n) is 6.64. The van der Waals surface area contributed by atoms with Gasteiger partial charge in [0.25, 0.3) is 0 Å². The first kappa shape index (κ1) is 14.2. The SMILES string of the molecule is CCNc1ncc(S(=O)(=O)N(CC)CC2CC2)cn1. The molecule has 2 rings (SSSR count). The molecule has 0 spiro atoms. The zero-order chi connectivity index (χ0) is 13.9. The minimum Gasteiger partial charge on any atom is -0.355 e. The van der Waals surface area contributed by atoms with Gasteiger partial charge in [0.15, 0.2) is 0 Å². The smallest absolute Gasteiger partial charge is 0.246 e. The molecule has 0 bridgehead atoms. The number of sulfonamides is 1. The van der Waals surface area contributed by atoms with Gasteiger partial charge in [0.05, 0.1) is 12.4 Å². The molecule has 19 heavy (non-hydrogen) atoms. The Morgan fingerprint density at radius 2 is 1.95 bits per heavy atom. The summed E-state index contributed by atoms with van der Waals surface area (Å²) in [6, 6.07) is 0. The highest BCUT2D eigenvalue weighted by Gasteiger charge is 2.31. The van der Waals surface area contributed by atoms with Crippen LogP contribution in [0.1, 0.15) is 26.7 Å². The van der Waals surface area contributed by atoms with Crippen LogP contribution >= 0.6 is 0 Å². The average molecular weight is 284 g/mol. The van der Waals surface area contributed by atoms with Gasteiger partial charge in [-0.3, -0.25) is 0 Å². The molecule has 1 aromatic rings. The number of rotatable bonds is 7. The van der Waals surface area contributed by atoms with E-state index in [1.165, 1.54) is 16.7 Å². The zero-order valence-electron chi connectivity index (χ0n) is 11.3. The molecule has 0 radical (unpaired) electrons. The van der Waals surface area contributed by atoms with Gasteiger partial charge in [-0.15, -0.1) is 0 Å². The lowest BCUT2D eigenvalue weighted by atomic mass is 10.4. The monoisotopic (exact) mass is 284 g/mol. The second-order valence-corrected chi connectivity index (χ2v) is 6.61. The maximum absolute atomic E-state index is 12.4. The summed E-state index contributed by atoms with van der Waals surface area (Å²) in [6.45, 7) is 5.58. The van der Waals surface area contributed by atoms with E-state index in [-0.39, 0.29) is 4.90 Å². The molecule has 1 heterocycles. The Morgan fingerprint density at radius 3 is 2.42 bits per heavy atom. The third-order valence-corrected chi connectivity index (χ3v) is 5.01. The minimum atomic E-state index is -3.46. The van der Waals surface area contributed by atoms with E-state index in [0.717, 1.165) is 12.8 Å². The van der Waals surface area contributed by atoms with Crippen molar-refractivity contribution in [1.29, 1.82) is 0 Å². The molecule has 1 fully saturated rings. The van der Waals surface area contributed by atoms with Gasteiger partial charge in [-0.1, -0.05) is 6.92 Å². The van der Waals surface area contributed by atoms with Crippen LogP contribution in [0.5, 0.6) is 0 Å². The van der Waals surface area contributed by atoms with Crippen molar-refractivity contribution in [2.75, 3.05) is 25.0 Å². The van der Waals surface area contributed by atoms with Gasteiger partial charge in [0.1, 0.15) is 4.90 Å². The normalized spacial score (nSPS) is 15.7. The average Bonchev–Trinajstić information content (AvgIpc) is 3.21. The predicted octanol–water partition coefficient (Wildman–Crippen LogP) is 1.33. The lowest BCUT2D eigenvalue weighted by Gasteiger charge is -2.19. The highest BCUT2D eigenvalue weighted by atomic mass is 32.2. The van der Waals surface area contributed by atoms with Crippen molar-refractivity contribution in [2.24, 2.45) is 5.92 Å². The second-order valence-electron chi connectivity index (χ2n) is 4.67. The van der Waals surface area contributed by atoms with E-state index >= 15 is 0 Å². The molecule has 0 unspecified atom stereocenters. The molecule has 7 heteroatoms. The number of anilines is 1. The van der Waals surface area contributed by atoms with E-state index in [4.69, 9.17) is 0 Å². The van der Waals surface area contributed by atoms with E-state index in [9.17, 15) is 8.42 Å². The van der Waals surface area contributed by atoms with Crippen molar-refractivity contribution in [2.45, 2.75) is 31.6 Å². The van der Waals surface area contributed by atoms with Gasteiger partial charge in [-0.2, -0.15) is 4.31 Å². The van der Waals surface area contributed by atoms with E-state index in [2.05, 4.69) is 15.3 Å². The van der Waals surface area contributed by atoms with E-state index in [1.54, 1.807) is 0 Å². The van der Waals surface area contributed by atoms with Gasteiger partial charge >= 0.3 is 0 Å². The summed E-state index contributed by atoms with van der Waals surface area (Å²) in [6.07, 6.45) is 5.00. The third kappa shape index (κ3) is 3.42. The Kier molecular flexibility index (Phi) is 4.36. The van der Waals surface area contributed by atoms with Gasteiger partial charge in [-0.25, -0.2) is 18.4 Å². The summed E-state index contributed by atoms with van der Waals surface area (Å²) < 4.78 is 26.4. The van der Waals surface area contributed by atoms with Crippen molar-refractivity contribution in [1.82, 2.24) is 14.3 Å². The van der Waals surface area contributed by atoms with E-state index < -0.39 is 10.0 Å². The summed E-state index contributed by atoms with van der Waals surface area (Å²) in [7, 11) is -3.46. The summed E-state index contributed by atoms with van der Waals surface area (Å²) >= 11 is 0. The maximum atomic E-state index is 12.4. The number of nitrogens with one attached hydrogen (secondary N) is 1. The Hall–Kier alpha value is -1.21.